The van der Waals surface area contributed by atoms with Gasteiger partial charge < -0.3 is 0 Å². The van der Waals surface area contributed by atoms with Crippen LogP contribution < -0.4 is 0 Å². The molecule has 0 unspecified atom stereocenters. The zero-order chi connectivity index (χ0) is 13.4. The molecule has 18 heavy (non-hydrogen) atoms. The Labute approximate surface area is 111 Å². The largest absolute Gasteiger partial charge is 0.0836 e. The van der Waals surface area contributed by atoms with Crippen LogP contribution in [0.2, 0.25) is 0 Å². The van der Waals surface area contributed by atoms with Gasteiger partial charge in [-0.3, -0.25) is 0 Å². The van der Waals surface area contributed by atoms with Crippen molar-refractivity contribution in [3.63, 3.8) is 0 Å². The van der Waals surface area contributed by atoms with Gasteiger partial charge in [0.2, 0.25) is 0 Å². The molecular formula is C18H24. The molecule has 0 atom stereocenters. The lowest BCUT2D eigenvalue weighted by atomic mass is 9.94. The summed E-state index contributed by atoms with van der Waals surface area (Å²) in [5.41, 5.74) is 2.89. The van der Waals surface area contributed by atoms with Gasteiger partial charge in [0, 0.05) is 0 Å². The molecule has 1 aliphatic carbocycles. The lowest BCUT2D eigenvalue weighted by Crippen LogP contribution is -1.93. The Morgan fingerprint density at radius 2 is 1.44 bits per heavy atom. The Hall–Kier alpha value is -1.56. The molecule has 96 valence electrons. The molecule has 0 radical (unpaired) electrons. The third kappa shape index (κ3) is 3.22. The Morgan fingerprint density at radius 1 is 0.833 bits per heavy atom. The van der Waals surface area contributed by atoms with E-state index in [2.05, 4.69) is 48.6 Å². The van der Waals surface area contributed by atoms with Gasteiger partial charge >= 0.3 is 0 Å². The predicted octanol–water partition coefficient (Wildman–Crippen LogP) is 5.85. The van der Waals surface area contributed by atoms with Crippen molar-refractivity contribution >= 4 is 16.8 Å². The van der Waals surface area contributed by atoms with E-state index >= 15 is 0 Å². The Kier molecular flexibility index (Phi) is 6.21. The topological polar surface area (TPSA) is 0 Å². The van der Waals surface area contributed by atoms with Gasteiger partial charge in [0.15, 0.2) is 0 Å². The fourth-order valence-electron chi connectivity index (χ4n) is 2.13. The summed E-state index contributed by atoms with van der Waals surface area (Å²) in [6.45, 7) is 8.00. The normalized spacial score (nSPS) is 11.8. The summed E-state index contributed by atoms with van der Waals surface area (Å²) in [5, 5.41) is 2.71. The Morgan fingerprint density at radius 3 is 2.11 bits per heavy atom. The summed E-state index contributed by atoms with van der Waals surface area (Å²) in [4.78, 5) is 0. The molecule has 0 N–H and O–H groups in total. The minimum Gasteiger partial charge on any atom is -0.0836 e. The second kappa shape index (κ2) is 7.71. The predicted molar refractivity (Wildman–Crippen MR) is 84.0 cm³/mol. The fourth-order valence-corrected chi connectivity index (χ4v) is 2.13. The standard InChI is InChI=1S/C14H12.2C2H6/c1-2-6-12-10-14-8-4-3-7-13(14)9-11(12)5-1;2*1-2/h1-3,5-7,9-10H,4,8H2;2*1-2H3. The molecule has 0 bridgehead atoms. The van der Waals surface area contributed by atoms with Crippen molar-refractivity contribution in [3.05, 3.63) is 53.6 Å². The summed E-state index contributed by atoms with van der Waals surface area (Å²) in [5.74, 6) is 0. The number of allylic oxidation sites excluding steroid dienone is 1. The molecule has 0 aromatic heterocycles. The maximum absolute atomic E-state index is 2.33. The minimum atomic E-state index is 1.19. The van der Waals surface area contributed by atoms with Crippen LogP contribution in [0.1, 0.15) is 45.2 Å². The first-order valence-electron chi connectivity index (χ1n) is 7.12. The lowest BCUT2D eigenvalue weighted by molar-refractivity contribution is 0.989. The molecule has 0 saturated carbocycles. The van der Waals surface area contributed by atoms with Crippen LogP contribution in [0.25, 0.3) is 16.8 Å². The molecule has 2 aromatic rings. The smallest absolute Gasteiger partial charge is 0.0178 e. The zero-order valence-corrected chi connectivity index (χ0v) is 12.0. The van der Waals surface area contributed by atoms with Crippen LogP contribution in [0, 0.1) is 0 Å². The molecule has 0 spiro atoms. The Bertz CT molecular complexity index is 506. The van der Waals surface area contributed by atoms with Gasteiger partial charge in [0.25, 0.3) is 0 Å². The van der Waals surface area contributed by atoms with E-state index < -0.39 is 0 Å². The van der Waals surface area contributed by atoms with Crippen LogP contribution in [-0.4, -0.2) is 0 Å². The van der Waals surface area contributed by atoms with Crippen LogP contribution in [-0.2, 0) is 6.42 Å². The van der Waals surface area contributed by atoms with Crippen molar-refractivity contribution < 1.29 is 0 Å². The number of fused-ring (bicyclic) bond motifs is 2. The lowest BCUT2D eigenvalue weighted by Gasteiger charge is -2.11. The highest BCUT2D eigenvalue weighted by Crippen LogP contribution is 2.25. The summed E-state index contributed by atoms with van der Waals surface area (Å²) < 4.78 is 0. The van der Waals surface area contributed by atoms with Gasteiger partial charge in [-0.1, -0.05) is 70.2 Å². The first-order chi connectivity index (χ1) is 8.93. The highest BCUT2D eigenvalue weighted by atomic mass is 14.1. The van der Waals surface area contributed by atoms with Gasteiger partial charge in [0.1, 0.15) is 0 Å². The average Bonchev–Trinajstić information content (AvgIpc) is 2.49. The van der Waals surface area contributed by atoms with Gasteiger partial charge in [-0.15, -0.1) is 0 Å². The molecule has 2 aromatic carbocycles. The van der Waals surface area contributed by atoms with E-state index in [1.165, 1.54) is 34.7 Å². The molecule has 0 amide bonds. The van der Waals surface area contributed by atoms with Crippen LogP contribution in [0.15, 0.2) is 42.5 Å². The van der Waals surface area contributed by atoms with Crippen molar-refractivity contribution in [1.82, 2.24) is 0 Å². The van der Waals surface area contributed by atoms with E-state index in [4.69, 9.17) is 0 Å². The van der Waals surface area contributed by atoms with Crippen molar-refractivity contribution in [2.75, 3.05) is 0 Å². The number of hydrogen-bond donors (Lipinski definition) is 0. The van der Waals surface area contributed by atoms with E-state index in [9.17, 15) is 0 Å². The van der Waals surface area contributed by atoms with E-state index in [1.54, 1.807) is 0 Å². The molecule has 0 heterocycles. The average molecular weight is 240 g/mol. The number of benzene rings is 2. The van der Waals surface area contributed by atoms with Crippen molar-refractivity contribution in [1.29, 1.82) is 0 Å². The third-order valence-electron chi connectivity index (χ3n) is 2.89. The summed E-state index contributed by atoms with van der Waals surface area (Å²) >= 11 is 0. The first-order valence-corrected chi connectivity index (χ1v) is 7.12. The van der Waals surface area contributed by atoms with E-state index in [-0.39, 0.29) is 0 Å². The molecule has 0 nitrogen and oxygen atoms in total. The monoisotopic (exact) mass is 240 g/mol. The van der Waals surface area contributed by atoms with Gasteiger partial charge in [0.05, 0.1) is 0 Å². The molecule has 0 fully saturated rings. The van der Waals surface area contributed by atoms with E-state index in [0.717, 1.165) is 0 Å². The molecule has 0 aliphatic heterocycles. The molecule has 1 aliphatic rings. The van der Waals surface area contributed by atoms with Gasteiger partial charge in [-0.2, -0.15) is 0 Å². The highest BCUT2D eigenvalue weighted by molar-refractivity contribution is 5.86. The minimum absolute atomic E-state index is 1.19. The maximum Gasteiger partial charge on any atom is -0.0178 e. The van der Waals surface area contributed by atoms with Gasteiger partial charge in [-0.05, 0) is 40.8 Å². The summed E-state index contributed by atoms with van der Waals surface area (Å²) in [7, 11) is 0. The second-order valence-electron chi connectivity index (χ2n) is 3.84. The Balaban J connectivity index is 0.000000371. The third-order valence-corrected chi connectivity index (χ3v) is 2.89. The van der Waals surface area contributed by atoms with Crippen LogP contribution in [0.5, 0.6) is 0 Å². The van der Waals surface area contributed by atoms with Crippen LogP contribution in [0.3, 0.4) is 0 Å². The molecular weight excluding hydrogens is 216 g/mol. The summed E-state index contributed by atoms with van der Waals surface area (Å²) in [6, 6.07) is 13.2. The number of aryl methyl sites for hydroxylation is 1. The van der Waals surface area contributed by atoms with Crippen molar-refractivity contribution in [2.24, 2.45) is 0 Å². The van der Waals surface area contributed by atoms with Gasteiger partial charge in [-0.25, -0.2) is 0 Å². The SMILES string of the molecule is C1=Cc2cc3ccccc3cc2CC1.CC.CC. The zero-order valence-electron chi connectivity index (χ0n) is 12.0. The van der Waals surface area contributed by atoms with Crippen molar-refractivity contribution in [2.45, 2.75) is 40.5 Å². The maximum atomic E-state index is 2.33. The molecule has 3 rings (SSSR count). The number of hydrogen-bond acceptors (Lipinski definition) is 0. The first kappa shape index (κ1) is 14.5. The summed E-state index contributed by atoms with van der Waals surface area (Å²) in [6.07, 6.45) is 6.88. The molecule has 0 saturated heterocycles. The van der Waals surface area contributed by atoms with Crippen LogP contribution >= 0.6 is 0 Å². The van der Waals surface area contributed by atoms with E-state index in [0.29, 0.717) is 0 Å². The van der Waals surface area contributed by atoms with Crippen molar-refractivity contribution in [3.8, 4) is 0 Å². The second-order valence-corrected chi connectivity index (χ2v) is 3.84. The van der Waals surface area contributed by atoms with E-state index in [1.807, 2.05) is 27.7 Å². The van der Waals surface area contributed by atoms with Crippen LogP contribution in [0.4, 0.5) is 0 Å². The molecule has 0 heteroatoms. The number of rotatable bonds is 0. The fraction of sp³-hybridized carbons (Fsp3) is 0.333. The highest BCUT2D eigenvalue weighted by Gasteiger charge is 2.05. The quantitative estimate of drug-likeness (QED) is 0.541.